The number of aromatic nitrogens is 1. The van der Waals surface area contributed by atoms with Gasteiger partial charge < -0.3 is 15.2 Å². The van der Waals surface area contributed by atoms with E-state index in [2.05, 4.69) is 15.2 Å². The van der Waals surface area contributed by atoms with Crippen LogP contribution >= 0.6 is 0 Å². The van der Waals surface area contributed by atoms with Gasteiger partial charge in [-0.15, -0.1) is 0 Å². The van der Waals surface area contributed by atoms with Gasteiger partial charge in [0.1, 0.15) is 5.69 Å². The van der Waals surface area contributed by atoms with Crippen LogP contribution in [-0.4, -0.2) is 36.8 Å². The maximum Gasteiger partial charge on any atom is 0.268 e. The van der Waals surface area contributed by atoms with Gasteiger partial charge >= 0.3 is 0 Å². The van der Waals surface area contributed by atoms with Crippen LogP contribution in [0.15, 0.2) is 30.3 Å². The molecule has 0 spiro atoms. The molecule has 0 unspecified atom stereocenters. The second-order valence-electron chi connectivity index (χ2n) is 6.27. The van der Waals surface area contributed by atoms with Crippen LogP contribution in [-0.2, 0) is 6.42 Å². The summed E-state index contributed by atoms with van der Waals surface area (Å²) in [6.07, 6.45) is 2.27. The summed E-state index contributed by atoms with van der Waals surface area (Å²) in [6, 6.07) is 10.0. The van der Waals surface area contributed by atoms with Crippen molar-refractivity contribution in [1.82, 2.24) is 10.3 Å². The van der Waals surface area contributed by atoms with Gasteiger partial charge in [0.2, 0.25) is 0 Å². The van der Waals surface area contributed by atoms with Crippen molar-refractivity contribution < 1.29 is 9.59 Å². The molecule has 24 heavy (non-hydrogen) atoms. The molecule has 2 aromatic rings. The summed E-state index contributed by atoms with van der Waals surface area (Å²) >= 11 is 0. The second-order valence-corrected chi connectivity index (χ2v) is 6.27. The van der Waals surface area contributed by atoms with Gasteiger partial charge in [-0.1, -0.05) is 18.2 Å². The van der Waals surface area contributed by atoms with Crippen molar-refractivity contribution in [1.29, 1.82) is 0 Å². The number of benzene rings is 1. The smallest absolute Gasteiger partial charge is 0.268 e. The summed E-state index contributed by atoms with van der Waals surface area (Å²) in [4.78, 5) is 29.7. The quantitative estimate of drug-likeness (QED) is 0.888. The van der Waals surface area contributed by atoms with Gasteiger partial charge in [0, 0.05) is 43.5 Å². The number of likely N-dealkylation sites (N-methyl/N-ethyl adjacent to an activating group) is 1. The zero-order chi connectivity index (χ0) is 17.1. The number of Topliss-reactive ketones (excluding diaryl/α,β-unsaturated/α-hetero) is 1. The fraction of sp³-hybridized carbons (Fsp3) is 0.368. The predicted octanol–water partition coefficient (Wildman–Crippen LogP) is 2.71. The Kier molecular flexibility index (Phi) is 4.69. The molecule has 0 fully saturated rings. The van der Waals surface area contributed by atoms with Crippen molar-refractivity contribution in [2.45, 2.75) is 26.2 Å². The first-order chi connectivity index (χ1) is 11.6. The lowest BCUT2D eigenvalue weighted by atomic mass is 9.94. The van der Waals surface area contributed by atoms with Crippen molar-refractivity contribution >= 4 is 17.4 Å². The fourth-order valence-electron chi connectivity index (χ4n) is 3.24. The highest BCUT2D eigenvalue weighted by molar-refractivity contribution is 6.04. The Balaban J connectivity index is 1.61. The molecule has 0 aliphatic heterocycles. The first kappa shape index (κ1) is 16.3. The van der Waals surface area contributed by atoms with Gasteiger partial charge in [0.15, 0.2) is 5.78 Å². The highest BCUT2D eigenvalue weighted by atomic mass is 16.2. The van der Waals surface area contributed by atoms with Crippen LogP contribution in [0.1, 0.15) is 44.9 Å². The lowest BCUT2D eigenvalue weighted by molar-refractivity contribution is 0.0948. The molecule has 5 heteroatoms. The summed E-state index contributed by atoms with van der Waals surface area (Å²) in [7, 11) is 2.00. The van der Waals surface area contributed by atoms with Gasteiger partial charge in [-0.3, -0.25) is 9.59 Å². The van der Waals surface area contributed by atoms with Crippen LogP contribution in [0, 0.1) is 6.92 Å². The molecule has 1 aliphatic rings. The molecule has 5 nitrogen and oxygen atoms in total. The van der Waals surface area contributed by atoms with Gasteiger partial charge in [-0.25, -0.2) is 0 Å². The first-order valence-electron chi connectivity index (χ1n) is 8.37. The number of rotatable bonds is 5. The molecule has 1 aliphatic carbocycles. The normalized spacial score (nSPS) is 13.5. The van der Waals surface area contributed by atoms with Gasteiger partial charge in [0.25, 0.3) is 5.91 Å². The number of aryl methyl sites for hydroxylation is 1. The number of anilines is 1. The van der Waals surface area contributed by atoms with Gasteiger partial charge in [-0.05, 0) is 37.5 Å². The van der Waals surface area contributed by atoms with E-state index in [9.17, 15) is 9.59 Å². The number of hydrogen-bond donors (Lipinski definition) is 2. The number of nitrogens with zero attached hydrogens (tertiary/aromatic N) is 1. The summed E-state index contributed by atoms with van der Waals surface area (Å²) in [5.74, 6) is 0.00372. The molecular weight excluding hydrogens is 302 g/mol. The summed E-state index contributed by atoms with van der Waals surface area (Å²) in [5, 5.41) is 2.94. The summed E-state index contributed by atoms with van der Waals surface area (Å²) in [6.45, 7) is 3.11. The molecule has 0 saturated carbocycles. The minimum atomic E-state index is -0.142. The Morgan fingerprint density at radius 1 is 1.25 bits per heavy atom. The lowest BCUT2D eigenvalue weighted by Gasteiger charge is -2.19. The fourth-order valence-corrected chi connectivity index (χ4v) is 3.24. The number of fused-ring (bicyclic) bond motifs is 1. The number of aromatic amines is 1. The molecule has 0 radical (unpaired) electrons. The molecule has 1 aromatic carbocycles. The molecule has 0 bridgehead atoms. The molecule has 1 aromatic heterocycles. The minimum absolute atomic E-state index is 0.142. The SMILES string of the molecule is Cc1c(C(=O)NCCN(C)c2ccccc2)[nH]c2c1C(=O)CCC2. The van der Waals surface area contributed by atoms with Crippen LogP contribution in [0.4, 0.5) is 5.69 Å². The van der Waals surface area contributed by atoms with E-state index in [4.69, 9.17) is 0 Å². The number of H-pyrrole nitrogens is 1. The van der Waals surface area contributed by atoms with Gasteiger partial charge in [0.05, 0.1) is 0 Å². The molecule has 0 saturated heterocycles. The number of amides is 1. The summed E-state index contributed by atoms with van der Waals surface area (Å²) in [5.41, 5.74) is 4.06. The topological polar surface area (TPSA) is 65.2 Å². The number of para-hydroxylation sites is 1. The number of carbonyl (C=O) groups excluding carboxylic acids is 2. The number of carbonyl (C=O) groups is 2. The first-order valence-corrected chi connectivity index (χ1v) is 8.37. The maximum atomic E-state index is 12.4. The highest BCUT2D eigenvalue weighted by Gasteiger charge is 2.26. The number of ketones is 1. The standard InChI is InChI=1S/C19H23N3O2/c1-13-17-15(9-6-10-16(17)23)21-18(13)19(24)20-11-12-22(2)14-7-4-3-5-8-14/h3-5,7-8,21H,6,9-12H2,1-2H3,(H,20,24). The molecular formula is C19H23N3O2. The van der Waals surface area contributed by atoms with Crippen molar-refractivity contribution in [2.75, 3.05) is 25.0 Å². The van der Waals surface area contributed by atoms with Crippen LogP contribution < -0.4 is 10.2 Å². The third-order valence-corrected chi connectivity index (χ3v) is 4.59. The van der Waals surface area contributed by atoms with E-state index in [-0.39, 0.29) is 11.7 Å². The molecule has 1 heterocycles. The Morgan fingerprint density at radius 3 is 2.71 bits per heavy atom. The third kappa shape index (κ3) is 3.20. The number of nitrogens with one attached hydrogen (secondary N) is 2. The predicted molar refractivity (Wildman–Crippen MR) is 94.8 cm³/mol. The van der Waals surface area contributed by atoms with Crippen molar-refractivity contribution in [2.24, 2.45) is 0 Å². The van der Waals surface area contributed by atoms with Crippen LogP contribution in [0.2, 0.25) is 0 Å². The third-order valence-electron chi connectivity index (χ3n) is 4.59. The molecule has 2 N–H and O–H groups in total. The van der Waals surface area contributed by atoms with E-state index in [1.807, 2.05) is 44.3 Å². The Labute approximate surface area is 142 Å². The largest absolute Gasteiger partial charge is 0.373 e. The minimum Gasteiger partial charge on any atom is -0.373 e. The molecule has 0 atom stereocenters. The van der Waals surface area contributed by atoms with E-state index < -0.39 is 0 Å². The maximum absolute atomic E-state index is 12.4. The Bertz CT molecular complexity index is 749. The van der Waals surface area contributed by atoms with E-state index >= 15 is 0 Å². The average molecular weight is 325 g/mol. The summed E-state index contributed by atoms with van der Waals surface area (Å²) < 4.78 is 0. The van der Waals surface area contributed by atoms with Crippen molar-refractivity contribution in [3.05, 3.63) is 52.8 Å². The monoisotopic (exact) mass is 325 g/mol. The average Bonchev–Trinajstić information content (AvgIpc) is 2.93. The van der Waals surface area contributed by atoms with Crippen molar-refractivity contribution in [3.8, 4) is 0 Å². The lowest BCUT2D eigenvalue weighted by Crippen LogP contribution is -2.33. The Hall–Kier alpha value is -2.56. The Morgan fingerprint density at radius 2 is 2.00 bits per heavy atom. The van der Waals surface area contributed by atoms with Crippen molar-refractivity contribution in [3.63, 3.8) is 0 Å². The highest BCUT2D eigenvalue weighted by Crippen LogP contribution is 2.26. The van der Waals surface area contributed by atoms with E-state index in [1.165, 1.54) is 0 Å². The molecule has 1 amide bonds. The van der Waals surface area contributed by atoms with Gasteiger partial charge in [-0.2, -0.15) is 0 Å². The van der Waals surface area contributed by atoms with E-state index in [0.717, 1.165) is 35.3 Å². The molecule has 126 valence electrons. The zero-order valence-electron chi connectivity index (χ0n) is 14.2. The van der Waals surface area contributed by atoms with Crippen LogP contribution in [0.3, 0.4) is 0 Å². The molecule has 3 rings (SSSR count). The van der Waals surface area contributed by atoms with E-state index in [1.54, 1.807) is 0 Å². The zero-order valence-corrected chi connectivity index (χ0v) is 14.2. The van der Waals surface area contributed by atoms with Crippen LogP contribution in [0.25, 0.3) is 0 Å². The van der Waals surface area contributed by atoms with Crippen LogP contribution in [0.5, 0.6) is 0 Å². The van der Waals surface area contributed by atoms with E-state index in [0.29, 0.717) is 25.2 Å². The second kappa shape index (κ2) is 6.91. The number of hydrogen-bond acceptors (Lipinski definition) is 3.